The molecule has 0 spiro atoms. The van der Waals surface area contributed by atoms with Gasteiger partial charge in [-0.15, -0.1) is 0 Å². The third kappa shape index (κ3) is 4.22. The van der Waals surface area contributed by atoms with Gasteiger partial charge in [0.2, 0.25) is 0 Å². The van der Waals surface area contributed by atoms with Crippen LogP contribution in [0.3, 0.4) is 0 Å². The quantitative estimate of drug-likeness (QED) is 0.189. The van der Waals surface area contributed by atoms with Crippen LogP contribution in [0.1, 0.15) is 0 Å². The molecular formula is C46H26N2O3. The Hall–Kier alpha value is -6.98. The van der Waals surface area contributed by atoms with Gasteiger partial charge in [0, 0.05) is 43.6 Å². The molecule has 0 atom stereocenters. The van der Waals surface area contributed by atoms with E-state index in [0.29, 0.717) is 11.4 Å². The largest absolute Gasteiger partial charge is 0.456 e. The molecule has 0 saturated carbocycles. The molecule has 4 aromatic heterocycles. The lowest BCUT2D eigenvalue weighted by atomic mass is 9.97. The molecule has 0 radical (unpaired) electrons. The van der Waals surface area contributed by atoms with Crippen LogP contribution in [-0.4, -0.2) is 9.97 Å². The highest BCUT2D eigenvalue weighted by atomic mass is 16.3. The molecule has 5 heteroatoms. The van der Waals surface area contributed by atoms with Crippen molar-refractivity contribution in [1.29, 1.82) is 0 Å². The molecule has 0 unspecified atom stereocenters. The van der Waals surface area contributed by atoms with Crippen LogP contribution in [0.4, 0.5) is 0 Å². The van der Waals surface area contributed by atoms with E-state index >= 15 is 0 Å². The standard InChI is InChI=1S/C46H26N2O3/c1-3-12-27(13-4-1)29-24-25-37-35(26-29)43-45(50-37)42(28-14-5-2-6-15-28)47-46(48-43)34-20-11-23-39-41(34)33-19-9-18-31(44(33)51-39)30-17-10-22-38-40(30)32-16-7-8-21-36(32)49-38/h1-26H. The summed E-state index contributed by atoms with van der Waals surface area (Å²) in [6.07, 6.45) is 0. The monoisotopic (exact) mass is 654 g/mol. The predicted octanol–water partition coefficient (Wildman–Crippen LogP) is 12.8. The Morgan fingerprint density at radius 2 is 0.961 bits per heavy atom. The number of hydrogen-bond acceptors (Lipinski definition) is 5. The van der Waals surface area contributed by atoms with Crippen LogP contribution < -0.4 is 0 Å². The number of aromatic nitrogens is 2. The molecule has 0 fully saturated rings. The molecular weight excluding hydrogens is 629 g/mol. The maximum Gasteiger partial charge on any atom is 0.180 e. The predicted molar refractivity (Wildman–Crippen MR) is 206 cm³/mol. The van der Waals surface area contributed by atoms with Gasteiger partial charge in [-0.2, -0.15) is 0 Å². The zero-order valence-corrected chi connectivity index (χ0v) is 27.1. The van der Waals surface area contributed by atoms with Gasteiger partial charge in [-0.05, 0) is 47.0 Å². The normalized spacial score (nSPS) is 11.9. The Bertz CT molecular complexity index is 3130. The summed E-state index contributed by atoms with van der Waals surface area (Å²) >= 11 is 0. The Kier molecular flexibility index (Phi) is 5.89. The first kappa shape index (κ1) is 27.9. The van der Waals surface area contributed by atoms with Gasteiger partial charge in [-0.1, -0.05) is 127 Å². The third-order valence-electron chi connectivity index (χ3n) is 9.92. The summed E-state index contributed by atoms with van der Waals surface area (Å²) < 4.78 is 19.5. The van der Waals surface area contributed by atoms with Crippen molar-refractivity contribution in [2.75, 3.05) is 0 Å². The number of nitrogens with zero attached hydrogens (tertiary/aromatic N) is 2. The van der Waals surface area contributed by atoms with Crippen molar-refractivity contribution in [3.63, 3.8) is 0 Å². The van der Waals surface area contributed by atoms with Crippen LogP contribution in [0.15, 0.2) is 171 Å². The van der Waals surface area contributed by atoms with Crippen molar-refractivity contribution < 1.29 is 13.3 Å². The summed E-state index contributed by atoms with van der Waals surface area (Å²) in [5.74, 6) is 0.607. The zero-order chi connectivity index (χ0) is 33.5. The molecule has 238 valence electrons. The Morgan fingerprint density at radius 1 is 0.353 bits per heavy atom. The highest BCUT2D eigenvalue weighted by molar-refractivity contribution is 6.19. The van der Waals surface area contributed by atoms with Gasteiger partial charge in [-0.3, -0.25) is 0 Å². The fourth-order valence-corrected chi connectivity index (χ4v) is 7.61. The van der Waals surface area contributed by atoms with E-state index in [9.17, 15) is 0 Å². The highest BCUT2D eigenvalue weighted by Crippen LogP contribution is 2.44. The number of hydrogen-bond donors (Lipinski definition) is 0. The average molecular weight is 655 g/mol. The van der Waals surface area contributed by atoms with Crippen LogP contribution in [0, 0.1) is 0 Å². The third-order valence-corrected chi connectivity index (χ3v) is 9.92. The lowest BCUT2D eigenvalue weighted by Gasteiger charge is -2.08. The minimum Gasteiger partial charge on any atom is -0.456 e. The second kappa shape index (κ2) is 10.8. The number of furan rings is 3. The molecule has 7 aromatic carbocycles. The van der Waals surface area contributed by atoms with Crippen molar-refractivity contribution in [3.8, 4) is 44.9 Å². The molecule has 0 aliphatic rings. The molecule has 51 heavy (non-hydrogen) atoms. The molecule has 0 saturated heterocycles. The Morgan fingerprint density at radius 3 is 1.80 bits per heavy atom. The topological polar surface area (TPSA) is 65.2 Å². The zero-order valence-electron chi connectivity index (χ0n) is 27.1. The molecule has 4 heterocycles. The van der Waals surface area contributed by atoms with Crippen LogP contribution >= 0.6 is 0 Å². The summed E-state index contributed by atoms with van der Waals surface area (Å²) in [4.78, 5) is 10.5. The number of benzene rings is 7. The SMILES string of the molecule is c1ccc(-c2ccc3oc4c(-c5ccccc5)nc(-c5cccc6oc7c(-c8cccc9oc%10ccccc%10c89)cccc7c56)nc4c3c2)cc1. The molecule has 11 rings (SSSR count). The molecule has 0 N–H and O–H groups in total. The first-order valence-electron chi connectivity index (χ1n) is 17.0. The molecule has 0 bridgehead atoms. The highest BCUT2D eigenvalue weighted by Gasteiger charge is 2.23. The van der Waals surface area contributed by atoms with E-state index in [0.717, 1.165) is 99.4 Å². The van der Waals surface area contributed by atoms with E-state index in [1.807, 2.05) is 72.8 Å². The minimum absolute atomic E-state index is 0.607. The van der Waals surface area contributed by atoms with Crippen molar-refractivity contribution in [2.45, 2.75) is 0 Å². The first-order chi connectivity index (χ1) is 25.3. The number of para-hydroxylation sites is 2. The lowest BCUT2D eigenvalue weighted by molar-refractivity contribution is 0.667. The van der Waals surface area contributed by atoms with Gasteiger partial charge in [0.25, 0.3) is 0 Å². The van der Waals surface area contributed by atoms with Crippen LogP contribution in [0.2, 0.25) is 0 Å². The molecule has 11 aromatic rings. The molecule has 0 aliphatic carbocycles. The van der Waals surface area contributed by atoms with Crippen LogP contribution in [0.5, 0.6) is 0 Å². The second-order valence-electron chi connectivity index (χ2n) is 12.9. The van der Waals surface area contributed by atoms with Crippen molar-refractivity contribution in [1.82, 2.24) is 9.97 Å². The molecule has 0 aliphatic heterocycles. The van der Waals surface area contributed by atoms with Gasteiger partial charge in [0.1, 0.15) is 39.1 Å². The summed E-state index contributed by atoms with van der Waals surface area (Å²) in [5, 5.41) is 5.06. The lowest BCUT2D eigenvalue weighted by Crippen LogP contribution is -1.94. The molecule has 5 nitrogen and oxygen atoms in total. The van der Waals surface area contributed by atoms with Gasteiger partial charge in [-0.25, -0.2) is 9.97 Å². The summed E-state index contributed by atoms with van der Waals surface area (Å²) in [7, 11) is 0. The Labute approximate surface area is 291 Å². The first-order valence-corrected chi connectivity index (χ1v) is 17.0. The Balaban J connectivity index is 1.18. The van der Waals surface area contributed by atoms with E-state index in [2.05, 4.69) is 84.9 Å². The van der Waals surface area contributed by atoms with Crippen LogP contribution in [-0.2, 0) is 0 Å². The molecule has 0 amide bonds. The fourth-order valence-electron chi connectivity index (χ4n) is 7.61. The number of fused-ring (bicyclic) bond motifs is 9. The van der Waals surface area contributed by atoms with Crippen molar-refractivity contribution in [3.05, 3.63) is 158 Å². The summed E-state index contributed by atoms with van der Waals surface area (Å²) in [6, 6.07) is 53.7. The van der Waals surface area contributed by atoms with Crippen LogP contribution in [0.25, 0.3) is 111 Å². The number of rotatable bonds is 4. The summed E-state index contributed by atoms with van der Waals surface area (Å²) in [6.45, 7) is 0. The maximum atomic E-state index is 6.76. The van der Waals surface area contributed by atoms with Gasteiger partial charge in [0.05, 0.1) is 0 Å². The summed E-state index contributed by atoms with van der Waals surface area (Å²) in [5.41, 5.74) is 12.4. The van der Waals surface area contributed by atoms with E-state index in [1.54, 1.807) is 0 Å². The van der Waals surface area contributed by atoms with Gasteiger partial charge in [0.15, 0.2) is 11.4 Å². The van der Waals surface area contributed by atoms with E-state index in [-0.39, 0.29) is 0 Å². The van der Waals surface area contributed by atoms with Gasteiger partial charge < -0.3 is 13.3 Å². The smallest absolute Gasteiger partial charge is 0.180 e. The average Bonchev–Trinajstić information content (AvgIpc) is 3.89. The van der Waals surface area contributed by atoms with E-state index in [1.165, 1.54) is 0 Å². The maximum absolute atomic E-state index is 6.76. The van der Waals surface area contributed by atoms with Crippen molar-refractivity contribution in [2.24, 2.45) is 0 Å². The van der Waals surface area contributed by atoms with Crippen molar-refractivity contribution >= 4 is 65.9 Å². The van der Waals surface area contributed by atoms with E-state index in [4.69, 9.17) is 23.2 Å². The minimum atomic E-state index is 0.607. The second-order valence-corrected chi connectivity index (χ2v) is 12.9. The van der Waals surface area contributed by atoms with Gasteiger partial charge >= 0.3 is 0 Å². The fraction of sp³-hybridized carbons (Fsp3) is 0. The van der Waals surface area contributed by atoms with E-state index < -0.39 is 0 Å².